The van der Waals surface area contributed by atoms with Crippen LogP contribution in [-0.2, 0) is 65.6 Å². The van der Waals surface area contributed by atoms with Gasteiger partial charge in [0.05, 0.1) is 59.4 Å². The zero-order valence-corrected chi connectivity index (χ0v) is 46.4. The van der Waals surface area contributed by atoms with E-state index in [1.807, 2.05) is 84.9 Å². The van der Waals surface area contributed by atoms with Gasteiger partial charge < -0.3 is 33.4 Å². The van der Waals surface area contributed by atoms with Gasteiger partial charge in [-0.2, -0.15) is 10.2 Å². The molecule has 24 nitrogen and oxygen atoms in total. The third kappa shape index (κ3) is 13.2. The third-order valence-electron chi connectivity index (χ3n) is 12.7. The predicted molar refractivity (Wildman–Crippen MR) is 294 cm³/mol. The second-order valence-electron chi connectivity index (χ2n) is 18.0. The molecule has 1 aliphatic heterocycles. The Labute approximate surface area is 466 Å². The van der Waals surface area contributed by atoms with Gasteiger partial charge in [0.1, 0.15) is 60.2 Å². The number of anilines is 2. The minimum atomic E-state index is -3.34. The lowest BCUT2D eigenvalue weighted by molar-refractivity contribution is -0.118. The van der Waals surface area contributed by atoms with E-state index in [0.29, 0.717) is 17.1 Å². The lowest BCUT2D eigenvalue weighted by Crippen LogP contribution is -2.33. The SMILES string of the molecule is COc1ccc(C(OCc2nc3c(=O)[nH]c(NC(=O)C(C)C)nc3n2CCOS(OCCC#N)=POC[C@H]2O[C@@H](n3cnc4c(NC(=O)c5ccccc5)ncnc43)[C@H](O[P+](=O)O)[C@@H]2F)(c2ccccc2)c2ccc(OC)cc2)cc1. The van der Waals surface area contributed by atoms with E-state index in [0.717, 1.165) is 23.0 Å². The van der Waals surface area contributed by atoms with Gasteiger partial charge in [-0.25, -0.2) is 24.3 Å². The van der Waals surface area contributed by atoms with Crippen molar-refractivity contribution in [3.05, 3.63) is 160 Å². The minimum Gasteiger partial charge on any atom is -0.497 e. The summed E-state index contributed by atoms with van der Waals surface area (Å²) in [6.07, 6.45) is -4.09. The summed E-state index contributed by atoms with van der Waals surface area (Å²) in [5.74, 6) is 0.101. The number of benzene rings is 4. The molecule has 4 aromatic heterocycles. The summed E-state index contributed by atoms with van der Waals surface area (Å²) >= 11 is 0. The van der Waals surface area contributed by atoms with Crippen LogP contribution in [0.5, 0.6) is 11.5 Å². The van der Waals surface area contributed by atoms with Crippen LogP contribution in [0.1, 0.15) is 59.4 Å². The molecule has 81 heavy (non-hydrogen) atoms. The molecule has 0 aliphatic carbocycles. The maximum atomic E-state index is 16.4. The van der Waals surface area contributed by atoms with E-state index >= 15 is 4.39 Å². The number of hydrogen-bond acceptors (Lipinski definition) is 18. The number of methoxy groups -OCH3 is 2. The number of amides is 2. The first-order chi connectivity index (χ1) is 39.3. The Balaban J connectivity index is 0.989. The van der Waals surface area contributed by atoms with Crippen LogP contribution in [0.4, 0.5) is 16.2 Å². The van der Waals surface area contributed by atoms with Crippen molar-refractivity contribution in [3.63, 3.8) is 0 Å². The normalized spacial score (nSPS) is 16.8. The Bertz CT molecular complexity index is 3600. The summed E-state index contributed by atoms with van der Waals surface area (Å²) in [5, 5.41) is 14.7. The van der Waals surface area contributed by atoms with E-state index in [-0.39, 0.29) is 80.3 Å². The molecule has 1 aliphatic rings. The van der Waals surface area contributed by atoms with Gasteiger partial charge in [0.25, 0.3) is 11.5 Å². The summed E-state index contributed by atoms with van der Waals surface area (Å²) in [5.41, 5.74) is 0.869. The number of carbonyl (C=O) groups is 2. The average molecular weight is 1170 g/mol. The third-order valence-corrected chi connectivity index (χ3v) is 15.5. The largest absolute Gasteiger partial charge is 0.695 e. The minimum absolute atomic E-state index is 0.0163. The van der Waals surface area contributed by atoms with E-state index in [1.54, 1.807) is 63.0 Å². The Morgan fingerprint density at radius 1 is 0.889 bits per heavy atom. The van der Waals surface area contributed by atoms with Gasteiger partial charge in [0, 0.05) is 16.0 Å². The number of nitrogens with one attached hydrogen (secondary N) is 3. The standard InChI is InChI=1S/C53H52FN11O13P2S/c1-32(2)48(66)62-52-61-47-43(50(68)63-52)59-40(29-73-53(34-14-9-6-10-15-34,35-16-20-37(71-3)21-17-35)36-18-22-38(72-4)23-19-36)64(47)25-27-76-81(75-26-11-24-55)79-74-28-39-41(54)44(78-80(69)70)51(77-39)65-31-58-42-45(56-30-57-46(42)65)60-49(67)33-12-7-5-8-13-33/h5-10,12-23,30-32,39,41,44,51H,11,25-29H2,1-4H3,(H3-,56,57,60,61,62,63,66,67,68,69,70)/p+1/t39-,41-,44-,51-,81?/m1/s1. The fourth-order valence-corrected chi connectivity index (χ4v) is 11.2. The van der Waals surface area contributed by atoms with Crippen molar-refractivity contribution in [2.45, 2.75) is 63.6 Å². The number of nitriles is 1. The average Bonchev–Trinajstić information content (AvgIpc) is 4.29. The van der Waals surface area contributed by atoms with Gasteiger partial charge in [-0.1, -0.05) is 86.6 Å². The van der Waals surface area contributed by atoms with Gasteiger partial charge in [0.15, 0.2) is 46.6 Å². The maximum absolute atomic E-state index is 16.4. The lowest BCUT2D eigenvalue weighted by Gasteiger charge is -2.36. The first kappa shape index (κ1) is 57.9. The van der Waals surface area contributed by atoms with E-state index in [1.165, 1.54) is 10.9 Å². The van der Waals surface area contributed by atoms with Crippen molar-refractivity contribution >= 4 is 72.4 Å². The first-order valence-electron chi connectivity index (χ1n) is 25.0. The van der Waals surface area contributed by atoms with Crippen LogP contribution >= 0.6 is 15.8 Å². The number of ether oxygens (including phenoxy) is 4. The maximum Gasteiger partial charge on any atom is 0.695 e. The zero-order chi connectivity index (χ0) is 57.0. The van der Waals surface area contributed by atoms with Gasteiger partial charge in [0.2, 0.25) is 11.9 Å². The molecule has 2 amide bonds. The second-order valence-corrected chi connectivity index (χ2v) is 21.4. The molecule has 9 rings (SSSR count). The molecule has 1 saturated heterocycles. The van der Waals surface area contributed by atoms with Crippen LogP contribution in [0.15, 0.2) is 127 Å². The number of halogens is 1. The number of rotatable bonds is 25. The quantitative estimate of drug-likeness (QED) is 0.0241. The van der Waals surface area contributed by atoms with Gasteiger partial charge in [-0.3, -0.25) is 37.6 Å². The number of alkyl halides is 1. The monoisotopic (exact) mass is 1160 g/mol. The highest BCUT2D eigenvalue weighted by Crippen LogP contribution is 2.43. The molecule has 8 aromatic rings. The Morgan fingerprint density at radius 2 is 1.54 bits per heavy atom. The number of aromatic nitrogens is 8. The highest BCUT2D eigenvalue weighted by molar-refractivity contribution is 8.13. The molecule has 2 unspecified atom stereocenters. The van der Waals surface area contributed by atoms with Crippen molar-refractivity contribution in [2.75, 3.05) is 44.7 Å². The van der Waals surface area contributed by atoms with Crippen LogP contribution in [0.3, 0.4) is 0 Å². The molecular formula is C53H53FN11O13P2S+. The van der Waals surface area contributed by atoms with Crippen molar-refractivity contribution in [1.82, 2.24) is 39.0 Å². The highest BCUT2D eigenvalue weighted by Gasteiger charge is 2.52. The summed E-state index contributed by atoms with van der Waals surface area (Å²) in [6.45, 7) is 2.45. The van der Waals surface area contributed by atoms with Crippen molar-refractivity contribution in [2.24, 2.45) is 5.92 Å². The van der Waals surface area contributed by atoms with Crippen LogP contribution in [-0.4, -0.2) is 108 Å². The molecule has 5 heterocycles. The second kappa shape index (κ2) is 26.7. The first-order valence-corrected chi connectivity index (χ1v) is 28.6. The van der Waals surface area contributed by atoms with Crippen LogP contribution in [0.25, 0.3) is 22.3 Å². The topological polar surface area (TPSA) is 300 Å². The van der Waals surface area contributed by atoms with Crippen molar-refractivity contribution in [1.29, 1.82) is 5.26 Å². The molecule has 4 N–H and O–H groups in total. The van der Waals surface area contributed by atoms with Gasteiger partial charge in [-0.15, -0.1) is 9.42 Å². The van der Waals surface area contributed by atoms with E-state index in [4.69, 9.17) is 41.3 Å². The smallest absolute Gasteiger partial charge is 0.497 e. The highest BCUT2D eigenvalue weighted by atomic mass is 32.5. The Kier molecular flexibility index (Phi) is 19.0. The van der Waals surface area contributed by atoms with Crippen molar-refractivity contribution in [3.8, 4) is 17.6 Å². The molecule has 0 radical (unpaired) electrons. The molecule has 420 valence electrons. The van der Waals surface area contributed by atoms with E-state index in [9.17, 15) is 29.1 Å². The summed E-state index contributed by atoms with van der Waals surface area (Å²) in [4.78, 5) is 74.3. The van der Waals surface area contributed by atoms with Crippen LogP contribution in [0, 0.1) is 17.2 Å². The van der Waals surface area contributed by atoms with Gasteiger partial charge >= 0.3 is 8.25 Å². The summed E-state index contributed by atoms with van der Waals surface area (Å²) < 4.78 is 79.0. The Morgan fingerprint density at radius 3 is 2.19 bits per heavy atom. The fourth-order valence-electron chi connectivity index (χ4n) is 8.72. The molecule has 28 heteroatoms. The molecular weight excluding hydrogens is 1110 g/mol. The number of aromatic amines is 1. The molecule has 6 atom stereocenters. The number of fused-ring (bicyclic) bond motifs is 2. The molecule has 1 fully saturated rings. The zero-order valence-electron chi connectivity index (χ0n) is 43.8. The number of nitrogens with zero attached hydrogens (tertiary/aromatic N) is 8. The molecule has 0 spiro atoms. The van der Waals surface area contributed by atoms with Gasteiger partial charge in [-0.05, 0) is 53.1 Å². The summed E-state index contributed by atoms with van der Waals surface area (Å²) in [6, 6.07) is 34.9. The molecule has 0 saturated carbocycles. The van der Waals surface area contributed by atoms with Crippen molar-refractivity contribution < 1.29 is 59.8 Å². The van der Waals surface area contributed by atoms with Crippen LogP contribution < -0.4 is 25.7 Å². The lowest BCUT2D eigenvalue weighted by atomic mass is 9.80. The van der Waals surface area contributed by atoms with E-state index < -0.39 is 79.0 Å². The molecule has 4 aromatic carbocycles. The number of carbonyl (C=O) groups excluding carboxylic acids is 2. The number of imidazole rings is 2. The van der Waals surface area contributed by atoms with E-state index in [2.05, 4.69) is 35.6 Å². The summed E-state index contributed by atoms with van der Waals surface area (Å²) in [7, 11) is -1.72. The fraction of sp³-hybridized carbons (Fsp3) is 0.302. The Hall–Kier alpha value is -7.79. The number of hydrogen-bond donors (Lipinski definition) is 4. The molecule has 0 bridgehead atoms. The van der Waals surface area contributed by atoms with Crippen LogP contribution in [0.2, 0.25) is 0 Å². The number of H-pyrrole nitrogens is 1. The predicted octanol–water partition coefficient (Wildman–Crippen LogP) is 7.79.